The number of nitrogens with zero attached hydrogens (tertiary/aromatic N) is 1. The molecule has 0 amide bonds. The molecule has 1 radical (unpaired) electrons. The molecule has 1 N–H and O–H groups in total. The van der Waals surface area contributed by atoms with Crippen molar-refractivity contribution in [1.29, 1.82) is 0 Å². The minimum absolute atomic E-state index is 0. The van der Waals surface area contributed by atoms with Crippen LogP contribution in [0, 0.1) is 33.8 Å². The minimum Gasteiger partial charge on any atom is -0.366 e. The quantitative estimate of drug-likeness (QED) is 0.581. The van der Waals surface area contributed by atoms with Gasteiger partial charge in [0.2, 0.25) is 0 Å². The van der Waals surface area contributed by atoms with Crippen LogP contribution in [0.25, 0.3) is 11.0 Å². The predicted molar refractivity (Wildman–Crippen MR) is 53.9 cm³/mol. The molecule has 0 saturated heterocycles. The molecule has 0 aliphatic rings. The van der Waals surface area contributed by atoms with Crippen LogP contribution in [0.2, 0.25) is 0 Å². The molecular weight excluding hydrogens is 263 g/mol. The summed E-state index contributed by atoms with van der Waals surface area (Å²) in [6.45, 7) is 8.28. The fourth-order valence-electron chi connectivity index (χ4n) is 1.59. The van der Waals surface area contributed by atoms with Crippen LogP contribution in [0.3, 0.4) is 0 Å². The number of aromatic amines is 1. The molecule has 0 spiro atoms. The maximum absolute atomic E-state index is 4.43. The van der Waals surface area contributed by atoms with Crippen LogP contribution in [0.5, 0.6) is 0 Å². The Hall–Kier alpha value is -0.687. The van der Waals surface area contributed by atoms with E-state index in [0.717, 1.165) is 16.9 Å². The van der Waals surface area contributed by atoms with Gasteiger partial charge in [0.15, 0.2) is 0 Å². The van der Waals surface area contributed by atoms with E-state index >= 15 is 0 Å². The zero-order valence-electron chi connectivity index (χ0n) is 8.78. The Bertz CT molecular complexity index is 472. The van der Waals surface area contributed by atoms with E-state index < -0.39 is 0 Å². The van der Waals surface area contributed by atoms with E-state index in [9.17, 15) is 0 Å². The van der Waals surface area contributed by atoms with Crippen molar-refractivity contribution in [3.8, 4) is 0 Å². The van der Waals surface area contributed by atoms with E-state index in [1.165, 1.54) is 16.7 Å². The number of rotatable bonds is 0. The average molecular weight is 276 g/mol. The normalized spacial score (nSPS) is 10.3. The van der Waals surface area contributed by atoms with Gasteiger partial charge in [0.05, 0.1) is 5.82 Å². The molecule has 1 heterocycles. The number of aromatic nitrogens is 2. The third-order valence-corrected chi connectivity index (χ3v) is 2.61. The average Bonchev–Trinajstić information content (AvgIpc) is 2.42. The SMILES string of the molecule is Cc1nc2c(C)c(C)c(C)[c-]c2[nH]1.[Rh]. The first-order valence-electron chi connectivity index (χ1n) is 4.45. The third kappa shape index (κ3) is 1.61. The second-order valence-corrected chi connectivity index (χ2v) is 3.55. The van der Waals surface area contributed by atoms with E-state index in [0.29, 0.717) is 0 Å². The molecule has 0 bridgehead atoms. The Morgan fingerprint density at radius 2 is 1.71 bits per heavy atom. The largest absolute Gasteiger partial charge is 0.366 e. The van der Waals surface area contributed by atoms with Gasteiger partial charge in [-0.05, 0) is 18.0 Å². The van der Waals surface area contributed by atoms with Gasteiger partial charge >= 0.3 is 0 Å². The fraction of sp³-hybridized carbons (Fsp3) is 0.364. The first-order chi connectivity index (χ1) is 6.09. The van der Waals surface area contributed by atoms with Gasteiger partial charge in [-0.2, -0.15) is 17.2 Å². The maximum Gasteiger partial charge on any atom is 0.0882 e. The Labute approximate surface area is 96.9 Å². The van der Waals surface area contributed by atoms with Gasteiger partial charge in [0.1, 0.15) is 0 Å². The van der Waals surface area contributed by atoms with Crippen LogP contribution in [-0.2, 0) is 19.5 Å². The molecule has 0 saturated carbocycles. The van der Waals surface area contributed by atoms with Crippen LogP contribution < -0.4 is 0 Å². The summed E-state index contributed by atoms with van der Waals surface area (Å²) in [6, 6.07) is 3.30. The third-order valence-electron chi connectivity index (χ3n) is 2.61. The Kier molecular flexibility index (Phi) is 3.11. The second-order valence-electron chi connectivity index (χ2n) is 3.55. The molecule has 0 aliphatic carbocycles. The number of fused-ring (bicyclic) bond motifs is 1. The van der Waals surface area contributed by atoms with Crippen LogP contribution in [0.4, 0.5) is 0 Å². The molecule has 2 aromatic rings. The summed E-state index contributed by atoms with van der Waals surface area (Å²) in [4.78, 5) is 7.63. The summed E-state index contributed by atoms with van der Waals surface area (Å²) in [7, 11) is 0. The van der Waals surface area contributed by atoms with E-state index in [1.807, 2.05) is 6.92 Å². The molecule has 77 valence electrons. The molecule has 1 aromatic heterocycles. The van der Waals surface area contributed by atoms with Crippen molar-refractivity contribution < 1.29 is 19.5 Å². The number of hydrogen-bond acceptors (Lipinski definition) is 1. The van der Waals surface area contributed by atoms with E-state index in [4.69, 9.17) is 0 Å². The molecule has 0 atom stereocenters. The number of aryl methyl sites for hydroxylation is 3. The molecule has 1 aromatic carbocycles. The maximum atomic E-state index is 4.43. The first kappa shape index (κ1) is 11.4. The number of hydrogen-bond donors (Lipinski definition) is 1. The number of nitrogens with one attached hydrogen (secondary N) is 1. The summed E-state index contributed by atoms with van der Waals surface area (Å²) < 4.78 is 0. The second kappa shape index (κ2) is 3.82. The molecule has 14 heavy (non-hydrogen) atoms. The van der Waals surface area contributed by atoms with Gasteiger partial charge in [-0.25, -0.2) is 0 Å². The zero-order chi connectivity index (χ0) is 9.59. The Morgan fingerprint density at radius 3 is 2.36 bits per heavy atom. The standard InChI is InChI=1S/C11H13N2.Rh/c1-6-5-10-11(8(3)7(6)2)13-9(4)12-10;/h1-4H3,(H,12,13);/q-1;. The van der Waals surface area contributed by atoms with Gasteiger partial charge in [-0.3, -0.25) is 4.98 Å². The number of H-pyrrole nitrogens is 1. The molecule has 2 rings (SSSR count). The van der Waals surface area contributed by atoms with Crippen molar-refractivity contribution >= 4 is 11.0 Å². The van der Waals surface area contributed by atoms with Crippen LogP contribution in [-0.4, -0.2) is 9.97 Å². The summed E-state index contributed by atoms with van der Waals surface area (Å²) >= 11 is 0. The zero-order valence-corrected chi connectivity index (χ0v) is 10.4. The first-order valence-corrected chi connectivity index (χ1v) is 4.45. The van der Waals surface area contributed by atoms with Crippen molar-refractivity contribution in [3.63, 3.8) is 0 Å². The van der Waals surface area contributed by atoms with Crippen molar-refractivity contribution in [2.24, 2.45) is 0 Å². The van der Waals surface area contributed by atoms with Gasteiger partial charge in [-0.15, -0.1) is 5.56 Å². The topological polar surface area (TPSA) is 28.7 Å². The van der Waals surface area contributed by atoms with Crippen molar-refractivity contribution in [2.75, 3.05) is 0 Å². The summed E-state index contributed by atoms with van der Waals surface area (Å²) in [5, 5.41) is 0. The van der Waals surface area contributed by atoms with E-state index in [-0.39, 0.29) is 19.5 Å². The monoisotopic (exact) mass is 276 g/mol. The summed E-state index contributed by atoms with van der Waals surface area (Å²) in [6.07, 6.45) is 0. The molecule has 0 fully saturated rings. The molecule has 0 unspecified atom stereocenters. The molecule has 3 heteroatoms. The molecule has 0 aliphatic heterocycles. The van der Waals surface area contributed by atoms with Gasteiger partial charge in [0.25, 0.3) is 0 Å². The summed E-state index contributed by atoms with van der Waals surface area (Å²) in [5.41, 5.74) is 5.84. The molecular formula is C11H13N2Rh-. The minimum atomic E-state index is 0. The van der Waals surface area contributed by atoms with Crippen LogP contribution >= 0.6 is 0 Å². The molecule has 2 nitrogen and oxygen atoms in total. The van der Waals surface area contributed by atoms with Crippen LogP contribution in [0.1, 0.15) is 22.5 Å². The van der Waals surface area contributed by atoms with Gasteiger partial charge < -0.3 is 4.98 Å². The van der Waals surface area contributed by atoms with Gasteiger partial charge in [-0.1, -0.05) is 20.8 Å². The van der Waals surface area contributed by atoms with Crippen LogP contribution in [0.15, 0.2) is 0 Å². The van der Waals surface area contributed by atoms with Crippen molar-refractivity contribution in [3.05, 3.63) is 28.6 Å². The number of benzene rings is 1. The Morgan fingerprint density at radius 1 is 1.07 bits per heavy atom. The van der Waals surface area contributed by atoms with Crippen molar-refractivity contribution in [2.45, 2.75) is 27.7 Å². The Balaban J connectivity index is 0.000000980. The van der Waals surface area contributed by atoms with Crippen molar-refractivity contribution in [1.82, 2.24) is 9.97 Å². The fourth-order valence-corrected chi connectivity index (χ4v) is 1.59. The van der Waals surface area contributed by atoms with E-state index in [1.54, 1.807) is 0 Å². The number of imidazole rings is 1. The predicted octanol–water partition coefficient (Wildman–Crippen LogP) is 2.59. The summed E-state index contributed by atoms with van der Waals surface area (Å²) in [5.74, 6) is 0.958. The smallest absolute Gasteiger partial charge is 0.0882 e. The van der Waals surface area contributed by atoms with E-state index in [2.05, 4.69) is 36.8 Å². The van der Waals surface area contributed by atoms with Gasteiger partial charge in [0, 0.05) is 19.5 Å².